The van der Waals surface area contributed by atoms with Crippen LogP contribution >= 0.6 is 27.7 Å². The number of nitriles is 1. The van der Waals surface area contributed by atoms with Crippen molar-refractivity contribution < 1.29 is 0 Å². The number of halogens is 1. The predicted molar refractivity (Wildman–Crippen MR) is 77.2 cm³/mol. The Balaban J connectivity index is 2.26. The zero-order valence-electron chi connectivity index (χ0n) is 9.95. The molecule has 0 radical (unpaired) electrons. The fourth-order valence-corrected chi connectivity index (χ4v) is 2.54. The van der Waals surface area contributed by atoms with Crippen molar-refractivity contribution in [3.8, 4) is 6.07 Å². The fourth-order valence-electron chi connectivity index (χ4n) is 1.36. The molecule has 0 aromatic heterocycles. The molecule has 0 aliphatic rings. The van der Waals surface area contributed by atoms with Crippen LogP contribution < -0.4 is 5.32 Å². The highest BCUT2D eigenvalue weighted by molar-refractivity contribution is 9.10. The van der Waals surface area contributed by atoms with Gasteiger partial charge in [-0.05, 0) is 43.7 Å². The largest absolute Gasteiger partial charge is 0.302 e. The van der Waals surface area contributed by atoms with Crippen molar-refractivity contribution in [2.45, 2.75) is 30.7 Å². The SMILES string of the molecule is CCCNC(C#N)CCSc1ccc(Br)cc1. The summed E-state index contributed by atoms with van der Waals surface area (Å²) in [6.07, 6.45) is 1.95. The van der Waals surface area contributed by atoms with Crippen LogP contribution in [0.4, 0.5) is 0 Å². The average Bonchev–Trinajstić information content (AvgIpc) is 2.36. The molecule has 0 saturated heterocycles. The number of rotatable bonds is 7. The molecule has 2 nitrogen and oxygen atoms in total. The second-order valence-electron chi connectivity index (χ2n) is 3.73. The molecule has 0 saturated carbocycles. The van der Waals surface area contributed by atoms with Crippen LogP contribution in [0.2, 0.25) is 0 Å². The van der Waals surface area contributed by atoms with Crippen LogP contribution in [0.15, 0.2) is 33.6 Å². The minimum atomic E-state index is -0.0158. The first kappa shape index (κ1) is 14.6. The number of nitrogens with one attached hydrogen (secondary N) is 1. The first-order valence-electron chi connectivity index (χ1n) is 5.77. The first-order chi connectivity index (χ1) is 8.26. The van der Waals surface area contributed by atoms with Crippen molar-refractivity contribution in [1.82, 2.24) is 5.32 Å². The Morgan fingerprint density at radius 1 is 1.41 bits per heavy atom. The third kappa shape index (κ3) is 6.11. The molecule has 92 valence electrons. The Kier molecular flexibility index (Phi) is 7.34. The van der Waals surface area contributed by atoms with Gasteiger partial charge in [-0.2, -0.15) is 5.26 Å². The van der Waals surface area contributed by atoms with Crippen LogP contribution in [0, 0.1) is 11.3 Å². The maximum Gasteiger partial charge on any atom is 0.0961 e. The maximum atomic E-state index is 8.96. The lowest BCUT2D eigenvalue weighted by Gasteiger charge is -2.10. The van der Waals surface area contributed by atoms with E-state index in [1.165, 1.54) is 4.90 Å². The predicted octanol–water partition coefficient (Wildman–Crippen LogP) is 3.82. The van der Waals surface area contributed by atoms with Gasteiger partial charge in [-0.3, -0.25) is 0 Å². The van der Waals surface area contributed by atoms with Gasteiger partial charge in [-0.25, -0.2) is 0 Å². The standard InChI is InChI=1S/C13H17BrN2S/c1-2-8-16-12(10-15)7-9-17-13-5-3-11(14)4-6-13/h3-6,12,16H,2,7-9H2,1H3. The summed E-state index contributed by atoms with van der Waals surface area (Å²) < 4.78 is 1.10. The van der Waals surface area contributed by atoms with Crippen molar-refractivity contribution in [2.24, 2.45) is 0 Å². The van der Waals surface area contributed by atoms with E-state index in [1.54, 1.807) is 11.8 Å². The number of nitrogens with zero attached hydrogens (tertiary/aromatic N) is 1. The van der Waals surface area contributed by atoms with Crippen LogP contribution in [0.25, 0.3) is 0 Å². The first-order valence-corrected chi connectivity index (χ1v) is 7.55. The van der Waals surface area contributed by atoms with Crippen molar-refractivity contribution >= 4 is 27.7 Å². The van der Waals surface area contributed by atoms with E-state index in [2.05, 4.69) is 46.4 Å². The van der Waals surface area contributed by atoms with Crippen LogP contribution in [-0.4, -0.2) is 18.3 Å². The molecule has 4 heteroatoms. The summed E-state index contributed by atoms with van der Waals surface area (Å²) in [5.41, 5.74) is 0. The van der Waals surface area contributed by atoms with Crippen molar-refractivity contribution in [3.63, 3.8) is 0 Å². The van der Waals surface area contributed by atoms with Crippen LogP contribution in [0.5, 0.6) is 0 Å². The lowest BCUT2D eigenvalue weighted by molar-refractivity contribution is 0.585. The molecule has 0 aliphatic heterocycles. The quantitative estimate of drug-likeness (QED) is 0.777. The van der Waals surface area contributed by atoms with Crippen molar-refractivity contribution in [3.05, 3.63) is 28.7 Å². The Labute approximate surface area is 116 Å². The highest BCUT2D eigenvalue weighted by atomic mass is 79.9. The number of thioether (sulfide) groups is 1. The van der Waals surface area contributed by atoms with E-state index in [1.807, 2.05) is 12.1 Å². The molecule has 17 heavy (non-hydrogen) atoms. The van der Waals surface area contributed by atoms with Crippen LogP contribution in [0.1, 0.15) is 19.8 Å². The lowest BCUT2D eigenvalue weighted by Crippen LogP contribution is -2.28. The molecule has 0 bridgehead atoms. The van der Waals surface area contributed by atoms with Gasteiger partial charge < -0.3 is 5.32 Å². The van der Waals surface area contributed by atoms with E-state index in [4.69, 9.17) is 5.26 Å². The second kappa shape index (κ2) is 8.57. The molecule has 0 heterocycles. The summed E-state index contributed by atoms with van der Waals surface area (Å²) in [7, 11) is 0. The molecule has 1 unspecified atom stereocenters. The van der Waals surface area contributed by atoms with Gasteiger partial charge >= 0.3 is 0 Å². The van der Waals surface area contributed by atoms with Gasteiger partial charge in [0, 0.05) is 15.1 Å². The van der Waals surface area contributed by atoms with E-state index in [-0.39, 0.29) is 6.04 Å². The summed E-state index contributed by atoms with van der Waals surface area (Å²) in [6, 6.07) is 10.6. The van der Waals surface area contributed by atoms with Gasteiger partial charge in [0.05, 0.1) is 12.1 Å². The van der Waals surface area contributed by atoms with Gasteiger partial charge in [0.1, 0.15) is 0 Å². The van der Waals surface area contributed by atoms with E-state index in [9.17, 15) is 0 Å². The van der Waals surface area contributed by atoms with E-state index in [0.29, 0.717) is 0 Å². The molecule has 1 N–H and O–H groups in total. The molecular formula is C13H17BrN2S. The highest BCUT2D eigenvalue weighted by Crippen LogP contribution is 2.21. The number of hydrogen-bond donors (Lipinski definition) is 1. The summed E-state index contributed by atoms with van der Waals surface area (Å²) in [5.74, 6) is 0.969. The number of benzene rings is 1. The molecular weight excluding hydrogens is 296 g/mol. The second-order valence-corrected chi connectivity index (χ2v) is 5.81. The molecule has 0 fully saturated rings. The topological polar surface area (TPSA) is 35.8 Å². The monoisotopic (exact) mass is 312 g/mol. The zero-order chi connectivity index (χ0) is 12.5. The van der Waals surface area contributed by atoms with Gasteiger partial charge in [0.2, 0.25) is 0 Å². The summed E-state index contributed by atoms with van der Waals surface area (Å²) >= 11 is 5.21. The molecule has 1 aromatic carbocycles. The summed E-state index contributed by atoms with van der Waals surface area (Å²) in [5, 5.41) is 12.2. The zero-order valence-corrected chi connectivity index (χ0v) is 12.4. The minimum absolute atomic E-state index is 0.0158. The minimum Gasteiger partial charge on any atom is -0.302 e. The molecule has 1 atom stereocenters. The van der Waals surface area contributed by atoms with Gasteiger partial charge in [0.15, 0.2) is 0 Å². The van der Waals surface area contributed by atoms with Gasteiger partial charge in [-0.1, -0.05) is 22.9 Å². The Hall–Kier alpha value is -0.500. The van der Waals surface area contributed by atoms with Gasteiger partial charge in [0.25, 0.3) is 0 Å². The number of hydrogen-bond acceptors (Lipinski definition) is 3. The molecule has 0 amide bonds. The maximum absolute atomic E-state index is 8.96. The van der Waals surface area contributed by atoms with Crippen LogP contribution in [0.3, 0.4) is 0 Å². The Morgan fingerprint density at radius 3 is 2.71 bits per heavy atom. The highest BCUT2D eigenvalue weighted by Gasteiger charge is 2.05. The lowest BCUT2D eigenvalue weighted by atomic mass is 10.2. The molecule has 0 spiro atoms. The third-order valence-corrected chi connectivity index (χ3v) is 3.86. The van der Waals surface area contributed by atoms with E-state index < -0.39 is 0 Å². The fraction of sp³-hybridized carbons (Fsp3) is 0.462. The van der Waals surface area contributed by atoms with E-state index >= 15 is 0 Å². The van der Waals surface area contributed by atoms with Crippen molar-refractivity contribution in [1.29, 1.82) is 5.26 Å². The Bertz CT molecular complexity index is 359. The van der Waals surface area contributed by atoms with Crippen molar-refractivity contribution in [2.75, 3.05) is 12.3 Å². The normalized spacial score (nSPS) is 12.1. The van der Waals surface area contributed by atoms with E-state index in [0.717, 1.165) is 29.6 Å². The summed E-state index contributed by atoms with van der Waals surface area (Å²) in [6.45, 7) is 3.03. The smallest absolute Gasteiger partial charge is 0.0961 e. The summed E-state index contributed by atoms with van der Waals surface area (Å²) in [4.78, 5) is 1.25. The molecule has 1 aromatic rings. The molecule has 1 rings (SSSR count). The Morgan fingerprint density at radius 2 is 2.12 bits per heavy atom. The van der Waals surface area contributed by atoms with Crippen LogP contribution in [-0.2, 0) is 0 Å². The third-order valence-electron chi connectivity index (χ3n) is 2.29. The average molecular weight is 313 g/mol. The molecule has 0 aliphatic carbocycles. The van der Waals surface area contributed by atoms with Gasteiger partial charge in [-0.15, -0.1) is 11.8 Å².